The summed E-state index contributed by atoms with van der Waals surface area (Å²) in [6.07, 6.45) is 1.71. The first kappa shape index (κ1) is 27.2. The van der Waals surface area contributed by atoms with Crippen molar-refractivity contribution in [3.05, 3.63) is 124 Å². The van der Waals surface area contributed by atoms with Crippen LogP contribution < -0.4 is 5.32 Å². The second kappa shape index (κ2) is 11.4. The second-order valence-corrected chi connectivity index (χ2v) is 10.1. The molecule has 5 nitrogen and oxygen atoms in total. The van der Waals surface area contributed by atoms with E-state index in [0.717, 1.165) is 28.1 Å². The highest BCUT2D eigenvalue weighted by Gasteiger charge is 2.24. The molecule has 2 heterocycles. The summed E-state index contributed by atoms with van der Waals surface area (Å²) in [6, 6.07) is 20.9. The van der Waals surface area contributed by atoms with E-state index in [2.05, 4.69) is 10.3 Å². The van der Waals surface area contributed by atoms with Gasteiger partial charge in [-0.2, -0.15) is 0 Å². The lowest BCUT2D eigenvalue weighted by molar-refractivity contribution is -0.122. The van der Waals surface area contributed by atoms with Gasteiger partial charge in [0.2, 0.25) is 5.91 Å². The maximum Gasteiger partial charge on any atom is 0.240 e. The van der Waals surface area contributed by atoms with Crippen LogP contribution in [0.3, 0.4) is 0 Å². The molecular weight excluding hydrogens is 532 g/mol. The number of ketones is 1. The molecular formula is C32H26ClF2N3O2. The van der Waals surface area contributed by atoms with Crippen molar-refractivity contribution in [3.63, 3.8) is 0 Å². The lowest BCUT2D eigenvalue weighted by Crippen LogP contribution is -2.34. The van der Waals surface area contributed by atoms with E-state index in [9.17, 15) is 18.4 Å². The number of Topliss-reactive ketones (excluding diaryl/α,β-unsaturated/α-hetero) is 1. The summed E-state index contributed by atoms with van der Waals surface area (Å²) in [6.45, 7) is 3.26. The van der Waals surface area contributed by atoms with E-state index in [0.29, 0.717) is 27.5 Å². The third kappa shape index (κ3) is 5.65. The van der Waals surface area contributed by atoms with Crippen molar-refractivity contribution in [2.45, 2.75) is 32.9 Å². The number of nitrogens with one attached hydrogen (secondary N) is 1. The number of rotatable bonds is 8. The van der Waals surface area contributed by atoms with Gasteiger partial charge in [0.05, 0.1) is 11.7 Å². The fourth-order valence-corrected chi connectivity index (χ4v) is 5.34. The number of halogens is 3. The molecule has 1 unspecified atom stereocenters. The highest BCUT2D eigenvalue weighted by molar-refractivity contribution is 6.30. The molecule has 0 bridgehead atoms. The molecule has 5 rings (SSSR count). The van der Waals surface area contributed by atoms with E-state index in [1.807, 2.05) is 49.4 Å². The number of benzene rings is 3. The number of amides is 1. The van der Waals surface area contributed by atoms with Crippen LogP contribution in [0.25, 0.3) is 22.0 Å². The van der Waals surface area contributed by atoms with Gasteiger partial charge < -0.3 is 9.88 Å². The minimum atomic E-state index is -0.713. The number of aromatic nitrogens is 2. The van der Waals surface area contributed by atoms with Crippen LogP contribution in [0, 0.1) is 18.6 Å². The molecule has 1 N–H and O–H groups in total. The van der Waals surface area contributed by atoms with Crippen molar-refractivity contribution in [1.82, 2.24) is 14.9 Å². The molecule has 5 aromatic rings. The SMILES string of the molecule is CC(=O)c1c(C)n(CC(=O)NC(Cc2cc(F)cc(F)c2)c2ncccc2-c2ccc(Cl)cc2)c2ccccc12. The lowest BCUT2D eigenvalue weighted by Gasteiger charge is -2.22. The molecule has 0 fully saturated rings. The van der Waals surface area contributed by atoms with Gasteiger partial charge in [-0.1, -0.05) is 48.0 Å². The Balaban J connectivity index is 1.53. The summed E-state index contributed by atoms with van der Waals surface area (Å²) in [5.74, 6) is -1.83. The summed E-state index contributed by atoms with van der Waals surface area (Å²) >= 11 is 6.09. The average molecular weight is 558 g/mol. The first-order chi connectivity index (χ1) is 19.2. The minimum absolute atomic E-state index is 0.0588. The topological polar surface area (TPSA) is 64.0 Å². The molecule has 0 spiro atoms. The van der Waals surface area contributed by atoms with Crippen LogP contribution in [0.4, 0.5) is 8.78 Å². The van der Waals surface area contributed by atoms with Gasteiger partial charge >= 0.3 is 0 Å². The van der Waals surface area contributed by atoms with Crippen LogP contribution in [-0.2, 0) is 17.8 Å². The Hall–Kier alpha value is -4.36. The normalized spacial score (nSPS) is 11.9. The number of hydrogen-bond acceptors (Lipinski definition) is 3. The summed E-state index contributed by atoms with van der Waals surface area (Å²) in [4.78, 5) is 30.6. The Bertz CT molecular complexity index is 1710. The van der Waals surface area contributed by atoms with E-state index < -0.39 is 17.7 Å². The Morgan fingerprint density at radius 2 is 1.68 bits per heavy atom. The van der Waals surface area contributed by atoms with Crippen LogP contribution in [-0.4, -0.2) is 21.2 Å². The van der Waals surface area contributed by atoms with Gasteiger partial charge in [0.25, 0.3) is 0 Å². The zero-order chi connectivity index (χ0) is 28.4. The predicted molar refractivity (Wildman–Crippen MR) is 152 cm³/mol. The van der Waals surface area contributed by atoms with Crippen molar-refractivity contribution < 1.29 is 18.4 Å². The monoisotopic (exact) mass is 557 g/mol. The van der Waals surface area contributed by atoms with Gasteiger partial charge in [-0.3, -0.25) is 14.6 Å². The van der Waals surface area contributed by atoms with Gasteiger partial charge in [0, 0.05) is 45.0 Å². The Morgan fingerprint density at radius 3 is 2.38 bits per heavy atom. The Labute approximate surface area is 235 Å². The minimum Gasteiger partial charge on any atom is -0.346 e. The largest absolute Gasteiger partial charge is 0.346 e. The van der Waals surface area contributed by atoms with Crippen molar-refractivity contribution in [3.8, 4) is 11.1 Å². The molecule has 1 amide bonds. The van der Waals surface area contributed by atoms with Crippen molar-refractivity contribution in [2.75, 3.05) is 0 Å². The van der Waals surface area contributed by atoms with E-state index in [1.165, 1.54) is 19.1 Å². The molecule has 0 saturated heterocycles. The number of para-hydroxylation sites is 1. The standard InChI is InChI=1S/C32H26ClF2N3O2/c1-19-31(20(2)39)27-6-3-4-8-29(27)38(19)18-30(40)37-28(16-21-14-24(34)17-25(35)15-21)32-26(7-5-13-36-32)22-9-11-23(33)12-10-22/h3-15,17,28H,16,18H2,1-2H3,(H,37,40). The van der Waals surface area contributed by atoms with E-state index in [1.54, 1.807) is 29.0 Å². The van der Waals surface area contributed by atoms with E-state index >= 15 is 0 Å². The maximum atomic E-state index is 14.1. The van der Waals surface area contributed by atoms with Crippen LogP contribution in [0.2, 0.25) is 5.02 Å². The highest BCUT2D eigenvalue weighted by Crippen LogP contribution is 2.31. The zero-order valence-corrected chi connectivity index (χ0v) is 22.7. The smallest absolute Gasteiger partial charge is 0.240 e. The Kier molecular flexibility index (Phi) is 7.76. The molecule has 8 heteroatoms. The predicted octanol–water partition coefficient (Wildman–Crippen LogP) is 7.25. The first-order valence-corrected chi connectivity index (χ1v) is 13.1. The number of carbonyl (C=O) groups excluding carboxylic acids is 2. The van der Waals surface area contributed by atoms with Gasteiger partial charge in [-0.25, -0.2) is 8.78 Å². The number of fused-ring (bicyclic) bond motifs is 1. The number of hydrogen-bond donors (Lipinski definition) is 1. The number of pyridine rings is 1. The molecule has 0 radical (unpaired) electrons. The second-order valence-electron chi connectivity index (χ2n) is 9.66. The average Bonchev–Trinajstić information content (AvgIpc) is 3.19. The molecule has 0 aliphatic heterocycles. The summed E-state index contributed by atoms with van der Waals surface area (Å²) in [5.41, 5.74) is 4.53. The fraction of sp³-hybridized carbons (Fsp3) is 0.156. The number of nitrogens with zero attached hydrogens (tertiary/aromatic N) is 2. The van der Waals surface area contributed by atoms with Crippen LogP contribution in [0.1, 0.15) is 40.3 Å². The molecule has 40 heavy (non-hydrogen) atoms. The molecule has 0 aliphatic rings. The van der Waals surface area contributed by atoms with Crippen molar-refractivity contribution in [2.24, 2.45) is 0 Å². The third-order valence-corrected chi connectivity index (χ3v) is 7.16. The summed E-state index contributed by atoms with van der Waals surface area (Å²) < 4.78 is 30.0. The highest BCUT2D eigenvalue weighted by atomic mass is 35.5. The lowest BCUT2D eigenvalue weighted by atomic mass is 9.95. The van der Waals surface area contributed by atoms with Crippen molar-refractivity contribution >= 4 is 34.2 Å². The molecule has 202 valence electrons. The van der Waals surface area contributed by atoms with E-state index in [-0.39, 0.29) is 24.7 Å². The summed E-state index contributed by atoms with van der Waals surface area (Å²) in [5, 5.41) is 4.40. The quantitative estimate of drug-likeness (QED) is 0.204. The first-order valence-electron chi connectivity index (χ1n) is 12.7. The molecule has 0 aliphatic carbocycles. The van der Waals surface area contributed by atoms with Gasteiger partial charge in [0.1, 0.15) is 18.2 Å². The zero-order valence-electron chi connectivity index (χ0n) is 21.9. The van der Waals surface area contributed by atoms with Crippen LogP contribution in [0.15, 0.2) is 85.1 Å². The molecule has 1 atom stereocenters. The van der Waals surface area contributed by atoms with Gasteiger partial charge in [-0.15, -0.1) is 0 Å². The van der Waals surface area contributed by atoms with Gasteiger partial charge in [0.15, 0.2) is 5.78 Å². The maximum absolute atomic E-state index is 14.1. The van der Waals surface area contributed by atoms with Crippen LogP contribution in [0.5, 0.6) is 0 Å². The molecule has 3 aromatic carbocycles. The van der Waals surface area contributed by atoms with Crippen molar-refractivity contribution in [1.29, 1.82) is 0 Å². The molecule has 0 saturated carbocycles. The fourth-order valence-electron chi connectivity index (χ4n) is 5.21. The van der Waals surface area contributed by atoms with E-state index in [4.69, 9.17) is 11.6 Å². The summed E-state index contributed by atoms with van der Waals surface area (Å²) in [7, 11) is 0. The van der Waals surface area contributed by atoms with Gasteiger partial charge in [-0.05, 0) is 67.8 Å². The van der Waals surface area contributed by atoms with Crippen LogP contribution >= 0.6 is 11.6 Å². The Morgan fingerprint density at radius 1 is 0.975 bits per heavy atom. The molecule has 2 aromatic heterocycles. The third-order valence-electron chi connectivity index (χ3n) is 6.91. The number of carbonyl (C=O) groups is 2.